The first kappa shape index (κ1) is 14.1. The monoisotopic (exact) mass is 303 g/mol. The molecule has 0 unspecified atom stereocenters. The lowest BCUT2D eigenvalue weighted by molar-refractivity contribution is 0.0985. The number of carbonyl (C=O) groups excluding carboxylic acids is 1. The van der Waals surface area contributed by atoms with E-state index in [1.165, 1.54) is 12.1 Å². The molecule has 0 N–H and O–H groups in total. The van der Waals surface area contributed by atoms with Gasteiger partial charge in [0.25, 0.3) is 5.91 Å². The minimum atomic E-state index is -0.294. The predicted octanol–water partition coefficient (Wildman–Crippen LogP) is 4.38. The molecule has 21 heavy (non-hydrogen) atoms. The maximum atomic E-state index is 13.3. The highest BCUT2D eigenvalue weighted by molar-refractivity contribution is 6.30. The topological polar surface area (TPSA) is 20.3 Å². The second-order valence-corrected chi connectivity index (χ2v) is 5.73. The van der Waals surface area contributed by atoms with E-state index in [-0.39, 0.29) is 11.7 Å². The smallest absolute Gasteiger partial charge is 0.258 e. The quantitative estimate of drug-likeness (QED) is 0.765. The van der Waals surface area contributed by atoms with Crippen LogP contribution in [0.3, 0.4) is 0 Å². The standard InChI is InChI=1S/C17H15ClFNO/c1-11-9-13(4-6-15(11)19)17(21)20-8-2-3-12-10-14(18)5-7-16(12)20/h4-7,9-10H,2-3,8H2,1H3. The lowest BCUT2D eigenvalue weighted by Crippen LogP contribution is -2.35. The number of rotatable bonds is 1. The van der Waals surface area contributed by atoms with E-state index in [0.29, 0.717) is 22.7 Å². The molecule has 0 aromatic heterocycles. The number of hydrogen-bond acceptors (Lipinski definition) is 1. The van der Waals surface area contributed by atoms with E-state index in [9.17, 15) is 9.18 Å². The van der Waals surface area contributed by atoms with E-state index < -0.39 is 0 Å². The molecule has 0 atom stereocenters. The van der Waals surface area contributed by atoms with Gasteiger partial charge in [-0.25, -0.2) is 4.39 Å². The summed E-state index contributed by atoms with van der Waals surface area (Å²) in [7, 11) is 0. The van der Waals surface area contributed by atoms with E-state index in [1.807, 2.05) is 12.1 Å². The van der Waals surface area contributed by atoms with Crippen molar-refractivity contribution in [2.24, 2.45) is 0 Å². The zero-order chi connectivity index (χ0) is 15.0. The van der Waals surface area contributed by atoms with E-state index >= 15 is 0 Å². The van der Waals surface area contributed by atoms with Crippen molar-refractivity contribution < 1.29 is 9.18 Å². The number of benzene rings is 2. The molecule has 1 heterocycles. The fourth-order valence-corrected chi connectivity index (χ4v) is 2.90. The summed E-state index contributed by atoms with van der Waals surface area (Å²) in [5.41, 5.74) is 2.98. The molecule has 2 aromatic carbocycles. The fraction of sp³-hybridized carbons (Fsp3) is 0.235. The van der Waals surface area contributed by atoms with Crippen molar-refractivity contribution in [1.29, 1.82) is 0 Å². The van der Waals surface area contributed by atoms with E-state index in [2.05, 4.69) is 0 Å². The zero-order valence-electron chi connectivity index (χ0n) is 11.7. The summed E-state index contributed by atoms with van der Waals surface area (Å²) in [5, 5.41) is 0.681. The molecular formula is C17H15ClFNO. The SMILES string of the molecule is Cc1cc(C(=O)N2CCCc3cc(Cl)ccc32)ccc1F. The normalized spacial score (nSPS) is 14.0. The molecule has 0 aliphatic carbocycles. The Labute approximate surface area is 128 Å². The molecule has 1 aliphatic rings. The molecule has 0 radical (unpaired) electrons. The highest BCUT2D eigenvalue weighted by Crippen LogP contribution is 2.30. The van der Waals surface area contributed by atoms with Crippen molar-refractivity contribution in [3.8, 4) is 0 Å². The molecule has 1 aliphatic heterocycles. The molecule has 2 nitrogen and oxygen atoms in total. The summed E-state index contributed by atoms with van der Waals surface area (Å²) < 4.78 is 13.3. The van der Waals surface area contributed by atoms with Crippen LogP contribution >= 0.6 is 11.6 Å². The minimum absolute atomic E-state index is 0.0960. The number of carbonyl (C=O) groups is 1. The Hall–Kier alpha value is -1.87. The predicted molar refractivity (Wildman–Crippen MR) is 82.6 cm³/mol. The molecule has 0 saturated heterocycles. The third-order valence-corrected chi connectivity index (χ3v) is 4.05. The van der Waals surface area contributed by atoms with Crippen LogP contribution in [0.5, 0.6) is 0 Å². The summed E-state index contributed by atoms with van der Waals surface area (Å²) in [6, 6.07) is 10.1. The first-order chi connectivity index (χ1) is 10.1. The summed E-state index contributed by atoms with van der Waals surface area (Å²) in [6.45, 7) is 2.33. The van der Waals surface area contributed by atoms with Gasteiger partial charge in [-0.2, -0.15) is 0 Å². The van der Waals surface area contributed by atoms with Crippen molar-refractivity contribution in [3.05, 3.63) is 63.9 Å². The van der Waals surface area contributed by atoms with Gasteiger partial charge in [-0.05, 0) is 67.3 Å². The zero-order valence-corrected chi connectivity index (χ0v) is 12.5. The summed E-state index contributed by atoms with van der Waals surface area (Å²) in [6.07, 6.45) is 1.82. The van der Waals surface area contributed by atoms with Gasteiger partial charge >= 0.3 is 0 Å². The number of halogens is 2. The molecular weight excluding hydrogens is 289 g/mol. The number of nitrogens with zero attached hydrogens (tertiary/aromatic N) is 1. The fourth-order valence-electron chi connectivity index (χ4n) is 2.71. The van der Waals surface area contributed by atoms with Crippen LogP contribution in [0.1, 0.15) is 27.9 Å². The van der Waals surface area contributed by atoms with Crippen molar-refractivity contribution in [2.75, 3.05) is 11.4 Å². The van der Waals surface area contributed by atoms with Crippen LogP contribution in [0.2, 0.25) is 5.02 Å². The van der Waals surface area contributed by atoms with Gasteiger partial charge in [0.05, 0.1) is 0 Å². The van der Waals surface area contributed by atoms with Crippen LogP contribution in [0.25, 0.3) is 0 Å². The third kappa shape index (κ3) is 2.66. The Morgan fingerprint density at radius 3 is 2.81 bits per heavy atom. The largest absolute Gasteiger partial charge is 0.308 e. The van der Waals surface area contributed by atoms with Gasteiger partial charge in [0.2, 0.25) is 0 Å². The van der Waals surface area contributed by atoms with Gasteiger partial charge in [-0.15, -0.1) is 0 Å². The molecule has 0 bridgehead atoms. The lowest BCUT2D eigenvalue weighted by atomic mass is 10.0. The van der Waals surface area contributed by atoms with Crippen molar-refractivity contribution in [1.82, 2.24) is 0 Å². The van der Waals surface area contributed by atoms with Gasteiger partial charge in [0.15, 0.2) is 0 Å². The Balaban J connectivity index is 1.98. The Morgan fingerprint density at radius 2 is 2.05 bits per heavy atom. The van der Waals surface area contributed by atoms with Crippen LogP contribution in [0, 0.1) is 12.7 Å². The van der Waals surface area contributed by atoms with E-state index in [0.717, 1.165) is 24.1 Å². The highest BCUT2D eigenvalue weighted by atomic mass is 35.5. The number of amides is 1. The first-order valence-corrected chi connectivity index (χ1v) is 7.30. The molecule has 2 aromatic rings. The first-order valence-electron chi connectivity index (χ1n) is 6.93. The van der Waals surface area contributed by atoms with Crippen molar-refractivity contribution in [3.63, 3.8) is 0 Å². The van der Waals surface area contributed by atoms with Crippen LogP contribution < -0.4 is 4.90 Å². The van der Waals surface area contributed by atoms with Crippen molar-refractivity contribution in [2.45, 2.75) is 19.8 Å². The maximum absolute atomic E-state index is 13.3. The average molecular weight is 304 g/mol. The van der Waals surface area contributed by atoms with Crippen LogP contribution in [-0.2, 0) is 6.42 Å². The number of hydrogen-bond donors (Lipinski definition) is 0. The second-order valence-electron chi connectivity index (χ2n) is 5.30. The van der Waals surface area contributed by atoms with Gasteiger partial charge in [0.1, 0.15) is 5.82 Å². The summed E-state index contributed by atoms with van der Waals surface area (Å²) in [4.78, 5) is 14.4. The maximum Gasteiger partial charge on any atom is 0.258 e. The van der Waals surface area contributed by atoms with Crippen LogP contribution in [-0.4, -0.2) is 12.5 Å². The molecule has 1 amide bonds. The second kappa shape index (κ2) is 5.49. The molecule has 4 heteroatoms. The Morgan fingerprint density at radius 1 is 1.24 bits per heavy atom. The third-order valence-electron chi connectivity index (χ3n) is 3.81. The molecule has 3 rings (SSSR count). The lowest BCUT2D eigenvalue weighted by Gasteiger charge is -2.29. The van der Waals surface area contributed by atoms with Crippen molar-refractivity contribution >= 4 is 23.2 Å². The Kier molecular flexibility index (Phi) is 3.68. The van der Waals surface area contributed by atoms with E-state index in [1.54, 1.807) is 24.0 Å². The number of fused-ring (bicyclic) bond motifs is 1. The average Bonchev–Trinajstić information content (AvgIpc) is 2.48. The molecule has 0 saturated carbocycles. The van der Waals surface area contributed by atoms with Crippen LogP contribution in [0.15, 0.2) is 36.4 Å². The van der Waals surface area contributed by atoms with E-state index in [4.69, 9.17) is 11.6 Å². The molecule has 0 fully saturated rings. The van der Waals surface area contributed by atoms with Gasteiger partial charge in [0, 0.05) is 22.8 Å². The molecule has 0 spiro atoms. The van der Waals surface area contributed by atoms with Gasteiger partial charge in [-0.3, -0.25) is 4.79 Å². The summed E-state index contributed by atoms with van der Waals surface area (Å²) in [5.74, 6) is -0.390. The molecule has 108 valence electrons. The minimum Gasteiger partial charge on any atom is -0.308 e. The van der Waals surface area contributed by atoms with Gasteiger partial charge < -0.3 is 4.90 Å². The number of anilines is 1. The van der Waals surface area contributed by atoms with Crippen LogP contribution in [0.4, 0.5) is 10.1 Å². The van der Waals surface area contributed by atoms with Gasteiger partial charge in [-0.1, -0.05) is 11.6 Å². The number of aryl methyl sites for hydroxylation is 2. The summed E-state index contributed by atoms with van der Waals surface area (Å²) >= 11 is 6.01. The Bertz CT molecular complexity index is 714. The highest BCUT2D eigenvalue weighted by Gasteiger charge is 2.24.